The molecular weight excluding hydrogens is 260 g/mol. The molecule has 1 aromatic rings. The molecule has 0 amide bonds. The van der Waals surface area contributed by atoms with E-state index in [2.05, 4.69) is 15.3 Å². The van der Waals surface area contributed by atoms with Crippen molar-refractivity contribution < 1.29 is 8.78 Å². The van der Waals surface area contributed by atoms with Gasteiger partial charge in [-0.15, -0.1) is 0 Å². The first-order valence-corrected chi connectivity index (χ1v) is 6.54. The number of nitrogens with one attached hydrogen (secondary N) is 1. The number of aromatic nitrogens is 2. The van der Waals surface area contributed by atoms with Gasteiger partial charge in [0.25, 0.3) is 0 Å². The van der Waals surface area contributed by atoms with Crippen LogP contribution in [0.3, 0.4) is 0 Å². The highest BCUT2D eigenvalue weighted by Crippen LogP contribution is 2.34. The third kappa shape index (κ3) is 3.28. The van der Waals surface area contributed by atoms with Crippen LogP contribution in [0.1, 0.15) is 38.2 Å². The van der Waals surface area contributed by atoms with Gasteiger partial charge in [-0.1, -0.05) is 6.92 Å². The Balaban J connectivity index is 2.04. The van der Waals surface area contributed by atoms with Crippen molar-refractivity contribution in [2.45, 2.75) is 51.0 Å². The van der Waals surface area contributed by atoms with Crippen LogP contribution in [0.15, 0.2) is 6.20 Å². The molecule has 3 nitrogen and oxygen atoms in total. The summed E-state index contributed by atoms with van der Waals surface area (Å²) in [6, 6.07) is 0.0425. The van der Waals surface area contributed by atoms with Gasteiger partial charge < -0.3 is 5.32 Å². The molecule has 1 aliphatic rings. The Kier molecular flexibility index (Phi) is 4.00. The molecule has 1 heterocycles. The molecule has 0 atom stereocenters. The van der Waals surface area contributed by atoms with Gasteiger partial charge in [0.15, 0.2) is 0 Å². The second-order valence-electron chi connectivity index (χ2n) is 4.64. The highest BCUT2D eigenvalue weighted by atomic mass is 35.5. The quantitative estimate of drug-likeness (QED) is 0.855. The van der Waals surface area contributed by atoms with Crippen LogP contribution in [0.4, 0.5) is 14.6 Å². The van der Waals surface area contributed by atoms with Crippen molar-refractivity contribution in [3.8, 4) is 0 Å². The number of nitrogens with zero attached hydrogens (tertiary/aromatic N) is 2. The Labute approximate surface area is 110 Å². The maximum atomic E-state index is 13.1. The second-order valence-corrected chi connectivity index (χ2v) is 4.98. The van der Waals surface area contributed by atoms with Crippen LogP contribution in [0.5, 0.6) is 0 Å². The molecular formula is C12H16ClF2N3. The zero-order chi connectivity index (χ0) is 13.2. The molecule has 2 rings (SSSR count). The molecule has 0 saturated heterocycles. The lowest BCUT2D eigenvalue weighted by Gasteiger charge is -2.29. The van der Waals surface area contributed by atoms with Crippen molar-refractivity contribution in [2.24, 2.45) is 0 Å². The fourth-order valence-corrected chi connectivity index (χ4v) is 2.28. The van der Waals surface area contributed by atoms with Gasteiger partial charge in [0, 0.05) is 30.6 Å². The van der Waals surface area contributed by atoms with Crippen molar-refractivity contribution in [1.29, 1.82) is 0 Å². The Morgan fingerprint density at radius 3 is 2.72 bits per heavy atom. The molecule has 0 aliphatic heterocycles. The van der Waals surface area contributed by atoms with Crippen LogP contribution in [-0.4, -0.2) is 21.9 Å². The SMILES string of the molecule is CCc1cnc(Cl)nc1NC1CCC(F)(F)CC1. The minimum absolute atomic E-state index is 0.0425. The number of alkyl halides is 2. The van der Waals surface area contributed by atoms with Gasteiger partial charge >= 0.3 is 0 Å². The maximum Gasteiger partial charge on any atom is 0.248 e. The Morgan fingerprint density at radius 2 is 2.11 bits per heavy atom. The van der Waals surface area contributed by atoms with E-state index in [-0.39, 0.29) is 24.2 Å². The molecule has 1 aliphatic carbocycles. The van der Waals surface area contributed by atoms with Crippen LogP contribution >= 0.6 is 11.6 Å². The monoisotopic (exact) mass is 275 g/mol. The summed E-state index contributed by atoms with van der Waals surface area (Å²) in [6.07, 6.45) is 3.24. The van der Waals surface area contributed by atoms with Crippen LogP contribution in [0.2, 0.25) is 5.28 Å². The fourth-order valence-electron chi connectivity index (χ4n) is 2.15. The molecule has 18 heavy (non-hydrogen) atoms. The molecule has 0 spiro atoms. The molecule has 1 fully saturated rings. The van der Waals surface area contributed by atoms with E-state index in [9.17, 15) is 8.78 Å². The zero-order valence-corrected chi connectivity index (χ0v) is 11.0. The predicted molar refractivity (Wildman–Crippen MR) is 67.2 cm³/mol. The number of halogens is 3. The van der Waals surface area contributed by atoms with Gasteiger partial charge in [0.05, 0.1) is 0 Å². The third-order valence-corrected chi connectivity index (χ3v) is 3.46. The lowest BCUT2D eigenvalue weighted by Crippen LogP contribution is -2.32. The third-order valence-electron chi connectivity index (χ3n) is 3.27. The number of rotatable bonds is 3. The van der Waals surface area contributed by atoms with E-state index >= 15 is 0 Å². The van der Waals surface area contributed by atoms with Crippen molar-refractivity contribution >= 4 is 17.4 Å². The van der Waals surface area contributed by atoms with Crippen LogP contribution in [0.25, 0.3) is 0 Å². The van der Waals surface area contributed by atoms with Crippen LogP contribution in [-0.2, 0) is 6.42 Å². The molecule has 0 unspecified atom stereocenters. The first kappa shape index (κ1) is 13.5. The average molecular weight is 276 g/mol. The standard InChI is InChI=1S/C12H16ClF2N3/c1-2-8-7-16-11(13)18-10(8)17-9-3-5-12(14,15)6-4-9/h7,9H,2-6H2,1H3,(H,16,17,18). The van der Waals surface area contributed by atoms with Gasteiger partial charge in [0.2, 0.25) is 11.2 Å². The maximum absolute atomic E-state index is 13.1. The van der Waals surface area contributed by atoms with E-state index in [0.29, 0.717) is 18.7 Å². The summed E-state index contributed by atoms with van der Waals surface area (Å²) in [5, 5.41) is 3.39. The molecule has 0 bridgehead atoms. The summed E-state index contributed by atoms with van der Waals surface area (Å²) in [7, 11) is 0. The van der Waals surface area contributed by atoms with Crippen molar-refractivity contribution in [1.82, 2.24) is 9.97 Å². The van der Waals surface area contributed by atoms with E-state index in [1.165, 1.54) is 0 Å². The molecule has 1 N–H and O–H groups in total. The van der Waals surface area contributed by atoms with Gasteiger partial charge in [-0.3, -0.25) is 0 Å². The van der Waals surface area contributed by atoms with E-state index in [4.69, 9.17) is 11.6 Å². The zero-order valence-electron chi connectivity index (χ0n) is 10.2. The first-order chi connectivity index (χ1) is 8.50. The van der Waals surface area contributed by atoms with Gasteiger partial charge in [-0.05, 0) is 30.9 Å². The van der Waals surface area contributed by atoms with Gasteiger partial charge in [0.1, 0.15) is 5.82 Å². The van der Waals surface area contributed by atoms with Crippen molar-refractivity contribution in [3.05, 3.63) is 17.0 Å². The van der Waals surface area contributed by atoms with Crippen molar-refractivity contribution in [2.75, 3.05) is 5.32 Å². The number of hydrogen-bond acceptors (Lipinski definition) is 3. The summed E-state index contributed by atoms with van der Waals surface area (Å²) in [5.41, 5.74) is 0.955. The summed E-state index contributed by atoms with van der Waals surface area (Å²) < 4.78 is 26.1. The molecule has 0 aromatic carbocycles. The summed E-state index contributed by atoms with van der Waals surface area (Å²) in [4.78, 5) is 8.05. The summed E-state index contributed by atoms with van der Waals surface area (Å²) in [5.74, 6) is -1.83. The lowest BCUT2D eigenvalue weighted by molar-refractivity contribution is -0.0361. The number of anilines is 1. The topological polar surface area (TPSA) is 37.8 Å². The molecule has 0 radical (unpaired) electrons. The van der Waals surface area contributed by atoms with Crippen LogP contribution in [0, 0.1) is 0 Å². The largest absolute Gasteiger partial charge is 0.367 e. The lowest BCUT2D eigenvalue weighted by atomic mass is 9.92. The number of aryl methyl sites for hydroxylation is 1. The first-order valence-electron chi connectivity index (χ1n) is 6.16. The number of hydrogen-bond donors (Lipinski definition) is 1. The minimum Gasteiger partial charge on any atom is -0.367 e. The van der Waals surface area contributed by atoms with E-state index in [1.807, 2.05) is 6.92 Å². The highest BCUT2D eigenvalue weighted by molar-refractivity contribution is 6.28. The Morgan fingerprint density at radius 1 is 1.44 bits per heavy atom. The minimum atomic E-state index is -2.50. The van der Waals surface area contributed by atoms with E-state index in [1.54, 1.807) is 6.20 Å². The Bertz CT molecular complexity index is 416. The predicted octanol–water partition coefficient (Wildman–Crippen LogP) is 3.68. The fraction of sp³-hybridized carbons (Fsp3) is 0.667. The smallest absolute Gasteiger partial charge is 0.248 e. The van der Waals surface area contributed by atoms with E-state index < -0.39 is 5.92 Å². The molecule has 1 saturated carbocycles. The van der Waals surface area contributed by atoms with Gasteiger partial charge in [-0.2, -0.15) is 0 Å². The van der Waals surface area contributed by atoms with Crippen LogP contribution < -0.4 is 5.32 Å². The Hall–Kier alpha value is -0.970. The van der Waals surface area contributed by atoms with Crippen molar-refractivity contribution in [3.63, 3.8) is 0 Å². The highest BCUT2D eigenvalue weighted by Gasteiger charge is 2.35. The summed E-state index contributed by atoms with van der Waals surface area (Å²) in [6.45, 7) is 1.99. The normalized spacial score (nSPS) is 19.8. The van der Waals surface area contributed by atoms with E-state index in [0.717, 1.165) is 12.0 Å². The van der Waals surface area contributed by atoms with Gasteiger partial charge in [-0.25, -0.2) is 18.7 Å². The second kappa shape index (κ2) is 5.34. The summed E-state index contributed by atoms with van der Waals surface area (Å²) >= 11 is 5.75. The average Bonchev–Trinajstić information content (AvgIpc) is 2.32. The molecule has 6 heteroatoms. The molecule has 100 valence electrons. The molecule has 1 aromatic heterocycles.